The molecule has 33 heavy (non-hydrogen) atoms. The topological polar surface area (TPSA) is 55.7 Å². The molecule has 0 amide bonds. The van der Waals surface area contributed by atoms with Crippen molar-refractivity contribution in [1.29, 1.82) is 0 Å². The van der Waals surface area contributed by atoms with E-state index in [1.54, 1.807) is 30.3 Å². The molecule has 0 aliphatic carbocycles. The van der Waals surface area contributed by atoms with Crippen LogP contribution >= 0.6 is 0 Å². The number of hydrogen-bond donors (Lipinski definition) is 1. The molecule has 0 saturated carbocycles. The van der Waals surface area contributed by atoms with Gasteiger partial charge in [0.15, 0.2) is 5.82 Å². The molecule has 0 aliphatic rings. The zero-order valence-electron chi connectivity index (χ0n) is 20.6. The van der Waals surface area contributed by atoms with Gasteiger partial charge in [0.05, 0.1) is 16.7 Å². The van der Waals surface area contributed by atoms with E-state index in [0.29, 0.717) is 28.0 Å². The number of aromatic nitrogens is 4. The molecule has 5 nitrogen and oxygen atoms in total. The number of fused-ring (bicyclic) bond motifs is 1. The summed E-state index contributed by atoms with van der Waals surface area (Å²) in [4.78, 5) is 8.03. The average molecular weight is 466 g/mol. The smallest absolute Gasteiger partial charge is 1.00 e. The second-order valence-corrected chi connectivity index (χ2v) is 9.06. The van der Waals surface area contributed by atoms with Crippen molar-refractivity contribution >= 4 is 11.0 Å². The van der Waals surface area contributed by atoms with Gasteiger partial charge in [-0.25, -0.2) is 4.98 Å². The van der Waals surface area contributed by atoms with Crippen molar-refractivity contribution in [3.63, 3.8) is 0 Å². The van der Waals surface area contributed by atoms with Gasteiger partial charge >= 0.3 is 35.9 Å². The summed E-state index contributed by atoms with van der Waals surface area (Å²) < 4.78 is 44.6. The van der Waals surface area contributed by atoms with E-state index in [4.69, 9.17) is 10.1 Å². The summed E-state index contributed by atoms with van der Waals surface area (Å²) in [6.45, 7) is 10.4. The molecule has 2 heterocycles. The maximum atomic E-state index is 12.8. The van der Waals surface area contributed by atoms with Crippen molar-refractivity contribution in [2.75, 3.05) is 0 Å². The Morgan fingerprint density at radius 3 is 2.36 bits per heavy atom. The van der Waals surface area contributed by atoms with E-state index in [9.17, 15) is 13.2 Å². The number of hydrogen-bond acceptors (Lipinski definition) is 3. The normalized spacial score (nSPS) is 12.3. The van der Waals surface area contributed by atoms with Crippen molar-refractivity contribution in [1.82, 2.24) is 19.7 Å². The minimum Gasteiger partial charge on any atom is -1.00 e. The summed E-state index contributed by atoms with van der Waals surface area (Å²) in [5.74, 6) is 0.417. The monoisotopic (exact) mass is 466 g/mol. The standard InChI is InChI=1S/C24H25F3N4O.Na.H/c1-14(2)31-19(13-21(30-31)23(3,4)5)22-28-17-11-10-15(12-18(17)29-22)16-8-6-7-9-20(16)32-24(25,26)27;;/h6-14H,1-5H3,(H,28,29);;/q;+1;-1. The van der Waals surface area contributed by atoms with E-state index in [0.717, 1.165) is 11.4 Å². The number of imidazole rings is 1. The largest absolute Gasteiger partial charge is 1.00 e. The quantitative estimate of drug-likeness (QED) is 0.463. The number of nitrogens with zero attached hydrogens (tertiary/aromatic N) is 3. The molecule has 2 aromatic carbocycles. The number of nitrogens with one attached hydrogen (secondary N) is 1. The first-order valence-electron chi connectivity index (χ1n) is 10.4. The Labute approximate surface area is 214 Å². The molecule has 1 N–H and O–H groups in total. The molecule has 0 spiro atoms. The van der Waals surface area contributed by atoms with E-state index in [1.165, 1.54) is 12.1 Å². The summed E-state index contributed by atoms with van der Waals surface area (Å²) in [5.41, 5.74) is 4.09. The van der Waals surface area contributed by atoms with E-state index in [2.05, 4.69) is 44.3 Å². The number of H-pyrrole nitrogens is 1. The molecule has 4 aromatic rings. The number of alkyl halides is 3. The van der Waals surface area contributed by atoms with Gasteiger partial charge in [-0.15, -0.1) is 13.2 Å². The van der Waals surface area contributed by atoms with Gasteiger partial charge in [0.2, 0.25) is 0 Å². The summed E-state index contributed by atoms with van der Waals surface area (Å²) in [6, 6.07) is 13.6. The Kier molecular flexibility index (Phi) is 7.03. The van der Waals surface area contributed by atoms with Gasteiger partial charge in [0.25, 0.3) is 0 Å². The van der Waals surface area contributed by atoms with Gasteiger partial charge in [-0.2, -0.15) is 5.10 Å². The first-order valence-corrected chi connectivity index (χ1v) is 10.4. The summed E-state index contributed by atoms with van der Waals surface area (Å²) >= 11 is 0. The van der Waals surface area contributed by atoms with Crippen LogP contribution in [0.2, 0.25) is 0 Å². The molecule has 170 valence electrons. The van der Waals surface area contributed by atoms with E-state index in [1.807, 2.05) is 10.7 Å². The molecular formula is C24H26F3N4NaO. The fraction of sp³-hybridized carbons (Fsp3) is 0.333. The van der Waals surface area contributed by atoms with Crippen molar-refractivity contribution < 1.29 is 48.9 Å². The molecule has 2 aromatic heterocycles. The first kappa shape index (κ1) is 25.3. The number of benzene rings is 2. The Hall–Kier alpha value is -2.29. The summed E-state index contributed by atoms with van der Waals surface area (Å²) in [6.07, 6.45) is -4.76. The van der Waals surface area contributed by atoms with Gasteiger partial charge in [0.1, 0.15) is 11.4 Å². The fourth-order valence-electron chi connectivity index (χ4n) is 3.55. The molecule has 0 atom stereocenters. The predicted molar refractivity (Wildman–Crippen MR) is 120 cm³/mol. The zero-order chi connectivity index (χ0) is 23.3. The molecule has 0 radical (unpaired) electrons. The van der Waals surface area contributed by atoms with Gasteiger partial charge in [-0.1, -0.05) is 45.0 Å². The van der Waals surface area contributed by atoms with Crippen LogP contribution in [-0.4, -0.2) is 26.1 Å². The fourth-order valence-corrected chi connectivity index (χ4v) is 3.55. The minimum absolute atomic E-state index is 0. The Morgan fingerprint density at radius 1 is 1.03 bits per heavy atom. The van der Waals surface area contributed by atoms with E-state index in [-0.39, 0.29) is 48.2 Å². The third-order valence-corrected chi connectivity index (χ3v) is 5.14. The van der Waals surface area contributed by atoms with Crippen molar-refractivity contribution in [3.8, 4) is 28.4 Å². The van der Waals surface area contributed by atoms with Crippen LogP contribution in [0.4, 0.5) is 13.2 Å². The Morgan fingerprint density at radius 2 is 1.73 bits per heavy atom. The Balaban J connectivity index is 0.00000204. The predicted octanol–water partition coefficient (Wildman–Crippen LogP) is 3.99. The Bertz CT molecular complexity index is 1280. The summed E-state index contributed by atoms with van der Waals surface area (Å²) in [7, 11) is 0. The van der Waals surface area contributed by atoms with Crippen LogP contribution in [0.5, 0.6) is 5.75 Å². The number of ether oxygens (including phenoxy) is 1. The number of halogens is 3. The van der Waals surface area contributed by atoms with Crippen molar-refractivity contribution in [3.05, 3.63) is 54.2 Å². The van der Waals surface area contributed by atoms with Crippen LogP contribution in [0.3, 0.4) is 0 Å². The molecule has 4 rings (SSSR count). The first-order chi connectivity index (χ1) is 14.9. The average Bonchev–Trinajstić information content (AvgIpc) is 3.30. The van der Waals surface area contributed by atoms with Crippen LogP contribution in [0, 0.1) is 0 Å². The van der Waals surface area contributed by atoms with Gasteiger partial charge in [-0.3, -0.25) is 4.68 Å². The van der Waals surface area contributed by atoms with Gasteiger partial charge in [-0.05, 0) is 43.7 Å². The minimum atomic E-state index is -4.76. The second kappa shape index (κ2) is 9.16. The molecule has 0 saturated heterocycles. The second-order valence-electron chi connectivity index (χ2n) is 9.06. The molecule has 0 aliphatic heterocycles. The number of para-hydroxylation sites is 1. The van der Waals surface area contributed by atoms with E-state index >= 15 is 0 Å². The van der Waals surface area contributed by atoms with Crippen LogP contribution in [0.15, 0.2) is 48.5 Å². The molecular weight excluding hydrogens is 440 g/mol. The molecule has 0 fully saturated rings. The third-order valence-electron chi connectivity index (χ3n) is 5.14. The van der Waals surface area contributed by atoms with Crippen molar-refractivity contribution in [2.24, 2.45) is 0 Å². The number of rotatable bonds is 4. The molecule has 0 unspecified atom stereocenters. The van der Waals surface area contributed by atoms with Crippen molar-refractivity contribution in [2.45, 2.75) is 52.4 Å². The van der Waals surface area contributed by atoms with Gasteiger partial charge < -0.3 is 11.1 Å². The third kappa shape index (κ3) is 5.45. The maximum Gasteiger partial charge on any atom is 1.00 e. The van der Waals surface area contributed by atoms with Crippen LogP contribution in [0.25, 0.3) is 33.7 Å². The maximum absolute atomic E-state index is 12.8. The van der Waals surface area contributed by atoms with Crippen LogP contribution in [0.1, 0.15) is 47.8 Å². The van der Waals surface area contributed by atoms with Crippen LogP contribution in [-0.2, 0) is 5.41 Å². The molecule has 9 heteroatoms. The SMILES string of the molecule is CC(C)n1nc(C(C)(C)C)cc1-c1nc2ccc(-c3ccccc3OC(F)(F)F)cc2[nH]1.[H-].[Na+]. The van der Waals surface area contributed by atoms with Crippen LogP contribution < -0.4 is 34.3 Å². The molecule has 0 bridgehead atoms. The summed E-state index contributed by atoms with van der Waals surface area (Å²) in [5, 5.41) is 4.77. The number of aromatic amines is 1. The van der Waals surface area contributed by atoms with E-state index < -0.39 is 6.36 Å². The van der Waals surface area contributed by atoms with Gasteiger partial charge in [0, 0.05) is 17.0 Å². The zero-order valence-corrected chi connectivity index (χ0v) is 21.6.